The first-order valence-electron chi connectivity index (χ1n) is 8.31. The van der Waals surface area contributed by atoms with E-state index in [-0.39, 0.29) is 6.03 Å². The molecule has 0 spiro atoms. The molecule has 1 unspecified atom stereocenters. The van der Waals surface area contributed by atoms with Gasteiger partial charge in [-0.1, -0.05) is 11.3 Å². The molecule has 0 aromatic carbocycles. The Kier molecular flexibility index (Phi) is 4.24. The Labute approximate surface area is 144 Å². The zero-order valence-electron chi connectivity index (χ0n) is 13.7. The number of hydrogen-bond acceptors (Lipinski definition) is 5. The van der Waals surface area contributed by atoms with Gasteiger partial charge in [0.1, 0.15) is 0 Å². The van der Waals surface area contributed by atoms with Crippen molar-refractivity contribution in [2.45, 2.75) is 31.8 Å². The maximum Gasteiger partial charge on any atom is 0.323 e. The van der Waals surface area contributed by atoms with E-state index in [1.54, 1.807) is 0 Å². The number of piperidine rings is 1. The summed E-state index contributed by atoms with van der Waals surface area (Å²) < 4.78 is 7.25. The number of nitrogens with one attached hydrogen (secondary N) is 1. The normalized spacial score (nSPS) is 20.7. The van der Waals surface area contributed by atoms with Crippen LogP contribution in [0, 0.1) is 0 Å². The summed E-state index contributed by atoms with van der Waals surface area (Å²) in [7, 11) is 1.92. The largest absolute Gasteiger partial charge is 0.375 e. The van der Waals surface area contributed by atoms with Gasteiger partial charge in [-0.3, -0.25) is 10.00 Å². The number of likely N-dealkylation sites (tertiary alicyclic amines) is 1. The van der Waals surface area contributed by atoms with Crippen LogP contribution in [0.3, 0.4) is 0 Å². The summed E-state index contributed by atoms with van der Waals surface area (Å²) in [6.45, 7) is 2.80. The molecule has 1 atom stereocenters. The van der Waals surface area contributed by atoms with E-state index in [0.717, 1.165) is 42.1 Å². The summed E-state index contributed by atoms with van der Waals surface area (Å²) in [5.74, 6) is 0.309. The fourth-order valence-corrected chi connectivity index (χ4v) is 4.24. The number of urea groups is 1. The predicted molar refractivity (Wildman–Crippen MR) is 91.2 cm³/mol. The minimum absolute atomic E-state index is 0.0670. The van der Waals surface area contributed by atoms with Crippen molar-refractivity contribution in [3.63, 3.8) is 0 Å². The second-order valence-corrected chi connectivity index (χ2v) is 7.40. The van der Waals surface area contributed by atoms with Crippen LogP contribution in [-0.4, -0.2) is 45.4 Å². The Bertz CT molecular complexity index is 717. The lowest BCUT2D eigenvalue weighted by Crippen LogP contribution is -2.41. The first kappa shape index (κ1) is 15.6. The van der Waals surface area contributed by atoms with Crippen LogP contribution < -0.4 is 5.32 Å². The van der Waals surface area contributed by atoms with E-state index in [1.807, 2.05) is 28.9 Å². The van der Waals surface area contributed by atoms with Crippen LogP contribution in [0.15, 0.2) is 12.3 Å². The third-order valence-corrected chi connectivity index (χ3v) is 5.56. The predicted octanol–water partition coefficient (Wildman–Crippen LogP) is 2.36. The number of amides is 2. The molecular weight excluding hydrogens is 326 g/mol. The minimum atomic E-state index is -0.0670. The van der Waals surface area contributed by atoms with Crippen LogP contribution in [0.2, 0.25) is 0 Å². The van der Waals surface area contributed by atoms with Gasteiger partial charge < -0.3 is 9.64 Å². The standard InChI is InChI=1S/C16H21N5O2S/c1-20-7-4-12(19-20)11-3-2-6-21(9-11)16(22)18-15-17-13-5-8-23-10-14(13)24-15/h4,7,11H,2-3,5-6,8-10H2,1H3,(H,17,18,22). The van der Waals surface area contributed by atoms with Crippen LogP contribution in [-0.2, 0) is 24.8 Å². The van der Waals surface area contributed by atoms with Crippen molar-refractivity contribution in [2.24, 2.45) is 7.05 Å². The number of fused-ring (bicyclic) bond motifs is 1. The average Bonchev–Trinajstić information content (AvgIpc) is 3.20. The number of ether oxygens (including phenoxy) is 1. The van der Waals surface area contributed by atoms with Gasteiger partial charge in [-0.05, 0) is 18.9 Å². The molecule has 2 amide bonds. The number of thiazole rings is 1. The van der Waals surface area contributed by atoms with E-state index in [4.69, 9.17) is 4.74 Å². The fourth-order valence-electron chi connectivity index (χ4n) is 3.30. The summed E-state index contributed by atoms with van der Waals surface area (Å²) >= 11 is 1.52. The minimum Gasteiger partial charge on any atom is -0.375 e. The highest BCUT2D eigenvalue weighted by molar-refractivity contribution is 7.15. The smallest absolute Gasteiger partial charge is 0.323 e. The Morgan fingerprint density at radius 2 is 2.42 bits per heavy atom. The summed E-state index contributed by atoms with van der Waals surface area (Å²) in [6.07, 6.45) is 4.85. The molecular formula is C16H21N5O2S. The van der Waals surface area contributed by atoms with Gasteiger partial charge in [-0.15, -0.1) is 0 Å². The van der Waals surface area contributed by atoms with Gasteiger partial charge in [0.15, 0.2) is 5.13 Å². The summed E-state index contributed by atoms with van der Waals surface area (Å²) in [5, 5.41) is 8.13. The Balaban J connectivity index is 1.41. The van der Waals surface area contributed by atoms with Crippen LogP contribution in [0.25, 0.3) is 0 Å². The van der Waals surface area contributed by atoms with E-state index >= 15 is 0 Å². The average molecular weight is 347 g/mol. The van der Waals surface area contributed by atoms with Gasteiger partial charge in [0, 0.05) is 38.7 Å². The maximum atomic E-state index is 12.6. The van der Waals surface area contributed by atoms with Crippen molar-refractivity contribution in [1.82, 2.24) is 19.7 Å². The molecule has 2 aromatic heterocycles. The zero-order chi connectivity index (χ0) is 16.5. The molecule has 2 aromatic rings. The van der Waals surface area contributed by atoms with Crippen molar-refractivity contribution in [2.75, 3.05) is 25.0 Å². The van der Waals surface area contributed by atoms with E-state index in [9.17, 15) is 4.79 Å². The number of aromatic nitrogens is 3. The highest BCUT2D eigenvalue weighted by Gasteiger charge is 2.27. The van der Waals surface area contributed by atoms with Gasteiger partial charge in [-0.2, -0.15) is 5.10 Å². The van der Waals surface area contributed by atoms with Crippen molar-refractivity contribution in [3.8, 4) is 0 Å². The Morgan fingerprint density at radius 1 is 1.50 bits per heavy atom. The number of anilines is 1. The van der Waals surface area contributed by atoms with E-state index < -0.39 is 0 Å². The second kappa shape index (κ2) is 6.52. The topological polar surface area (TPSA) is 72.3 Å². The first-order chi connectivity index (χ1) is 11.7. The molecule has 0 radical (unpaired) electrons. The number of carbonyl (C=O) groups is 1. The van der Waals surface area contributed by atoms with Crippen molar-refractivity contribution in [3.05, 3.63) is 28.5 Å². The van der Waals surface area contributed by atoms with Gasteiger partial charge in [0.2, 0.25) is 0 Å². The Morgan fingerprint density at radius 3 is 3.21 bits per heavy atom. The lowest BCUT2D eigenvalue weighted by Gasteiger charge is -2.31. The lowest BCUT2D eigenvalue weighted by atomic mass is 9.95. The number of carbonyl (C=O) groups excluding carboxylic acids is 1. The molecule has 128 valence electrons. The highest BCUT2D eigenvalue weighted by atomic mass is 32.1. The van der Waals surface area contributed by atoms with Crippen molar-refractivity contribution < 1.29 is 9.53 Å². The lowest BCUT2D eigenvalue weighted by molar-refractivity contribution is 0.112. The molecule has 4 rings (SSSR count). The molecule has 2 aliphatic rings. The molecule has 1 N–H and O–H groups in total. The van der Waals surface area contributed by atoms with Crippen LogP contribution in [0.5, 0.6) is 0 Å². The summed E-state index contributed by atoms with van der Waals surface area (Å²) in [6, 6.07) is 1.98. The van der Waals surface area contributed by atoms with Crippen molar-refractivity contribution >= 4 is 22.5 Å². The summed E-state index contributed by atoms with van der Waals surface area (Å²) in [5.41, 5.74) is 2.13. The summed E-state index contributed by atoms with van der Waals surface area (Å²) in [4.78, 5) is 20.1. The molecule has 0 aliphatic carbocycles. The SMILES string of the molecule is Cn1ccc(C2CCCN(C(=O)Nc3nc4c(s3)COCC4)C2)n1. The van der Waals surface area contributed by atoms with Gasteiger partial charge in [-0.25, -0.2) is 9.78 Å². The van der Waals surface area contributed by atoms with Gasteiger partial charge in [0.05, 0.1) is 29.5 Å². The number of hydrogen-bond donors (Lipinski definition) is 1. The molecule has 8 heteroatoms. The molecule has 0 saturated carbocycles. The molecule has 2 aliphatic heterocycles. The third-order valence-electron chi connectivity index (χ3n) is 4.57. The highest BCUT2D eigenvalue weighted by Crippen LogP contribution is 2.29. The number of nitrogens with zero attached hydrogens (tertiary/aromatic N) is 4. The fraction of sp³-hybridized carbons (Fsp3) is 0.562. The van der Waals surface area contributed by atoms with Gasteiger partial charge >= 0.3 is 6.03 Å². The zero-order valence-corrected chi connectivity index (χ0v) is 14.5. The molecule has 1 saturated heterocycles. The second-order valence-electron chi connectivity index (χ2n) is 6.32. The maximum absolute atomic E-state index is 12.6. The first-order valence-corrected chi connectivity index (χ1v) is 9.12. The van der Waals surface area contributed by atoms with E-state index in [0.29, 0.717) is 30.8 Å². The van der Waals surface area contributed by atoms with Crippen LogP contribution >= 0.6 is 11.3 Å². The van der Waals surface area contributed by atoms with E-state index in [1.165, 1.54) is 11.3 Å². The van der Waals surface area contributed by atoms with Crippen LogP contribution in [0.4, 0.5) is 9.93 Å². The van der Waals surface area contributed by atoms with E-state index in [2.05, 4.69) is 15.4 Å². The molecule has 1 fully saturated rings. The Hall–Kier alpha value is -1.93. The molecule has 4 heterocycles. The number of rotatable bonds is 2. The number of aryl methyl sites for hydroxylation is 1. The van der Waals surface area contributed by atoms with Crippen LogP contribution in [0.1, 0.15) is 35.0 Å². The molecule has 24 heavy (non-hydrogen) atoms. The quantitative estimate of drug-likeness (QED) is 0.905. The van der Waals surface area contributed by atoms with Crippen molar-refractivity contribution in [1.29, 1.82) is 0 Å². The van der Waals surface area contributed by atoms with Gasteiger partial charge in [0.25, 0.3) is 0 Å². The monoisotopic (exact) mass is 347 g/mol. The molecule has 0 bridgehead atoms. The third kappa shape index (κ3) is 3.16. The molecule has 7 nitrogen and oxygen atoms in total.